The van der Waals surface area contributed by atoms with Crippen molar-refractivity contribution in [1.29, 1.82) is 5.26 Å². The molecule has 2 saturated carbocycles. The average Bonchev–Trinajstić information content (AvgIpc) is 2.65. The Kier molecular flexibility index (Phi) is 9.36. The van der Waals surface area contributed by atoms with Gasteiger partial charge in [0.05, 0.1) is 11.5 Å². The molecule has 0 aromatic heterocycles. The van der Waals surface area contributed by atoms with Gasteiger partial charge in [-0.05, 0) is 49.9 Å². The van der Waals surface area contributed by atoms with E-state index in [2.05, 4.69) is 19.9 Å². The number of nitriles is 1. The van der Waals surface area contributed by atoms with Crippen molar-refractivity contribution in [2.75, 3.05) is 0 Å². The van der Waals surface area contributed by atoms with E-state index in [1.54, 1.807) is 0 Å². The maximum Gasteiger partial charge on any atom is 0.0692 e. The van der Waals surface area contributed by atoms with Gasteiger partial charge in [-0.25, -0.2) is 0 Å². The number of hydrogen-bond donors (Lipinski definition) is 0. The van der Waals surface area contributed by atoms with Crippen LogP contribution < -0.4 is 0 Å². The minimum atomic E-state index is 0.0619. The minimum absolute atomic E-state index is 0.0619. The maximum absolute atomic E-state index is 10.0. The average molecular weight is 346 g/mol. The summed E-state index contributed by atoms with van der Waals surface area (Å²) in [7, 11) is 0. The van der Waals surface area contributed by atoms with E-state index < -0.39 is 0 Å². The molecule has 0 heterocycles. The first-order chi connectivity index (χ1) is 12.2. The first-order valence-corrected chi connectivity index (χ1v) is 11.6. The predicted molar refractivity (Wildman–Crippen MR) is 108 cm³/mol. The second-order valence-electron chi connectivity index (χ2n) is 9.30. The van der Waals surface area contributed by atoms with E-state index in [1.165, 1.54) is 109 Å². The molecule has 2 aliphatic carbocycles. The van der Waals surface area contributed by atoms with Gasteiger partial charge in [0.15, 0.2) is 0 Å². The quantitative estimate of drug-likeness (QED) is 0.347. The second-order valence-corrected chi connectivity index (χ2v) is 9.30. The molecule has 1 heteroatoms. The van der Waals surface area contributed by atoms with E-state index in [1.807, 2.05) is 0 Å². The summed E-state index contributed by atoms with van der Waals surface area (Å²) >= 11 is 0. The van der Waals surface area contributed by atoms with Crippen LogP contribution in [0.15, 0.2) is 0 Å². The molecule has 0 aromatic carbocycles. The van der Waals surface area contributed by atoms with Crippen LogP contribution in [0.2, 0.25) is 0 Å². The van der Waals surface area contributed by atoms with Crippen LogP contribution in [0.3, 0.4) is 0 Å². The maximum atomic E-state index is 10.0. The van der Waals surface area contributed by atoms with Gasteiger partial charge in [0, 0.05) is 0 Å². The summed E-state index contributed by atoms with van der Waals surface area (Å²) < 4.78 is 0. The lowest BCUT2D eigenvalue weighted by atomic mass is 9.55. The van der Waals surface area contributed by atoms with Gasteiger partial charge in [-0.1, -0.05) is 90.9 Å². The Labute approximate surface area is 158 Å². The lowest BCUT2D eigenvalue weighted by molar-refractivity contribution is 0.0366. The SMILES string of the molecule is CCCCCCCC1CCC2(C#N)C[C@H](CCCCCC)CC[C@@H]2C1. The van der Waals surface area contributed by atoms with Crippen LogP contribution in [0.4, 0.5) is 0 Å². The standard InChI is InChI=1S/C24H43N/c1-3-5-7-9-11-12-21-16-17-24(20-25)19-22(13-10-8-6-4-2)14-15-23(24)18-21/h21-23H,3-19H2,1-2H3/t21?,22-,23-,24?/m1/s1. The predicted octanol–water partition coefficient (Wildman–Crippen LogP) is 8.04. The fourth-order valence-corrected chi connectivity index (χ4v) is 5.73. The molecule has 2 fully saturated rings. The van der Waals surface area contributed by atoms with E-state index in [4.69, 9.17) is 0 Å². The molecule has 0 saturated heterocycles. The summed E-state index contributed by atoms with van der Waals surface area (Å²) in [6.45, 7) is 4.58. The number of fused-ring (bicyclic) bond motifs is 1. The molecule has 2 unspecified atom stereocenters. The molecule has 4 atom stereocenters. The Bertz CT molecular complexity index is 395. The molecule has 0 aliphatic heterocycles. The lowest BCUT2D eigenvalue weighted by Gasteiger charge is -2.48. The molecule has 0 spiro atoms. The highest BCUT2D eigenvalue weighted by molar-refractivity contribution is 5.08. The topological polar surface area (TPSA) is 23.8 Å². The molecule has 144 valence electrons. The van der Waals surface area contributed by atoms with Gasteiger partial charge < -0.3 is 0 Å². The van der Waals surface area contributed by atoms with E-state index in [-0.39, 0.29) is 5.41 Å². The van der Waals surface area contributed by atoms with E-state index in [0.717, 1.165) is 17.8 Å². The van der Waals surface area contributed by atoms with Crippen LogP contribution in [0.1, 0.15) is 123 Å². The highest BCUT2D eigenvalue weighted by Gasteiger charge is 2.47. The Morgan fingerprint density at radius 1 is 0.800 bits per heavy atom. The van der Waals surface area contributed by atoms with Crippen molar-refractivity contribution < 1.29 is 0 Å². The van der Waals surface area contributed by atoms with Crippen LogP contribution in [-0.4, -0.2) is 0 Å². The van der Waals surface area contributed by atoms with E-state index in [9.17, 15) is 5.26 Å². The van der Waals surface area contributed by atoms with Gasteiger partial charge in [0.25, 0.3) is 0 Å². The Hall–Kier alpha value is -0.510. The summed E-state index contributed by atoms with van der Waals surface area (Å²) in [6, 6.07) is 2.86. The molecule has 0 N–H and O–H groups in total. The molecular formula is C24H43N. The Morgan fingerprint density at radius 3 is 2.12 bits per heavy atom. The number of unbranched alkanes of at least 4 members (excludes halogenated alkanes) is 7. The third-order valence-electron chi connectivity index (χ3n) is 7.38. The first-order valence-electron chi connectivity index (χ1n) is 11.6. The van der Waals surface area contributed by atoms with E-state index in [0.29, 0.717) is 0 Å². The largest absolute Gasteiger partial charge is 0.198 e. The minimum Gasteiger partial charge on any atom is -0.198 e. The fraction of sp³-hybridized carbons (Fsp3) is 0.958. The highest BCUT2D eigenvalue weighted by Crippen LogP contribution is 2.54. The summed E-state index contributed by atoms with van der Waals surface area (Å²) in [5.41, 5.74) is 0.0619. The van der Waals surface area contributed by atoms with Gasteiger partial charge in [-0.15, -0.1) is 0 Å². The molecule has 2 aliphatic rings. The van der Waals surface area contributed by atoms with Gasteiger partial charge in [-0.3, -0.25) is 0 Å². The third kappa shape index (κ3) is 6.30. The summed E-state index contributed by atoms with van der Waals surface area (Å²) in [4.78, 5) is 0. The second kappa shape index (κ2) is 11.3. The van der Waals surface area contributed by atoms with Crippen LogP contribution >= 0.6 is 0 Å². The Morgan fingerprint density at radius 2 is 1.44 bits per heavy atom. The number of rotatable bonds is 11. The number of hydrogen-bond acceptors (Lipinski definition) is 1. The van der Waals surface area contributed by atoms with Gasteiger partial charge >= 0.3 is 0 Å². The lowest BCUT2D eigenvalue weighted by Crippen LogP contribution is -2.40. The zero-order chi connectivity index (χ0) is 18.0. The first kappa shape index (κ1) is 20.8. The third-order valence-corrected chi connectivity index (χ3v) is 7.38. The molecule has 0 aromatic rings. The zero-order valence-electron chi connectivity index (χ0n) is 17.2. The molecule has 0 bridgehead atoms. The molecule has 1 nitrogen and oxygen atoms in total. The van der Waals surface area contributed by atoms with Crippen molar-refractivity contribution in [2.45, 2.75) is 123 Å². The molecule has 0 amide bonds. The van der Waals surface area contributed by atoms with Crippen molar-refractivity contribution >= 4 is 0 Å². The van der Waals surface area contributed by atoms with Gasteiger partial charge in [0.1, 0.15) is 0 Å². The molecule has 2 rings (SSSR count). The smallest absolute Gasteiger partial charge is 0.0692 e. The number of nitrogens with zero attached hydrogens (tertiary/aromatic N) is 1. The Balaban J connectivity index is 1.75. The van der Waals surface area contributed by atoms with Crippen molar-refractivity contribution in [3.8, 4) is 6.07 Å². The zero-order valence-corrected chi connectivity index (χ0v) is 17.2. The van der Waals surface area contributed by atoms with Crippen molar-refractivity contribution in [2.24, 2.45) is 23.2 Å². The van der Waals surface area contributed by atoms with Crippen LogP contribution in [0.5, 0.6) is 0 Å². The molecule has 0 radical (unpaired) electrons. The summed E-state index contributed by atoms with van der Waals surface area (Å²) in [5, 5.41) is 10.0. The van der Waals surface area contributed by atoms with E-state index >= 15 is 0 Å². The van der Waals surface area contributed by atoms with Crippen LogP contribution in [0.25, 0.3) is 0 Å². The monoisotopic (exact) mass is 345 g/mol. The van der Waals surface area contributed by atoms with Gasteiger partial charge in [-0.2, -0.15) is 5.26 Å². The van der Waals surface area contributed by atoms with Crippen LogP contribution in [-0.2, 0) is 0 Å². The molecule has 25 heavy (non-hydrogen) atoms. The van der Waals surface area contributed by atoms with Crippen molar-refractivity contribution in [3.63, 3.8) is 0 Å². The van der Waals surface area contributed by atoms with Crippen LogP contribution in [0, 0.1) is 34.5 Å². The normalized spacial score (nSPS) is 32.1. The summed E-state index contributed by atoms with van der Waals surface area (Å²) in [6.07, 6.45) is 23.2. The highest BCUT2D eigenvalue weighted by atomic mass is 14.5. The van der Waals surface area contributed by atoms with Crippen molar-refractivity contribution in [1.82, 2.24) is 0 Å². The molecular weight excluding hydrogens is 302 g/mol. The fourth-order valence-electron chi connectivity index (χ4n) is 5.73. The van der Waals surface area contributed by atoms with Crippen molar-refractivity contribution in [3.05, 3.63) is 0 Å². The summed E-state index contributed by atoms with van der Waals surface area (Å²) in [5.74, 6) is 2.49. The van der Waals surface area contributed by atoms with Gasteiger partial charge in [0.2, 0.25) is 0 Å².